The highest BCUT2D eigenvalue weighted by Gasteiger charge is 2.44. The van der Waals surface area contributed by atoms with Crippen LogP contribution >= 0.6 is 0 Å². The van der Waals surface area contributed by atoms with Crippen LogP contribution in [0.4, 0.5) is 0 Å². The van der Waals surface area contributed by atoms with Gasteiger partial charge in [0.05, 0.1) is 7.11 Å². The summed E-state index contributed by atoms with van der Waals surface area (Å²) in [5.74, 6) is 0.257. The van der Waals surface area contributed by atoms with Gasteiger partial charge in [-0.25, -0.2) is 4.79 Å². The SMILES string of the molecule is COc1ccccc1C(C)(NC1CC1C)C(=O)O. The van der Waals surface area contributed by atoms with Crippen LogP contribution in [0.1, 0.15) is 25.8 Å². The first-order chi connectivity index (χ1) is 8.49. The molecule has 0 aromatic heterocycles. The standard InChI is InChI=1S/C14H19NO3/c1-9-8-11(9)15-14(2,13(16)17)10-6-4-5-7-12(10)18-3/h4-7,9,11,15H,8H2,1-3H3,(H,16,17). The lowest BCUT2D eigenvalue weighted by Gasteiger charge is -2.28. The molecule has 98 valence electrons. The maximum absolute atomic E-state index is 11.6. The number of hydrogen-bond donors (Lipinski definition) is 2. The lowest BCUT2D eigenvalue weighted by Crippen LogP contribution is -2.48. The number of carboxylic acids is 1. The molecule has 0 radical (unpaired) electrons. The average Bonchev–Trinajstić information content (AvgIpc) is 3.04. The van der Waals surface area contributed by atoms with Crippen LogP contribution in [0.5, 0.6) is 5.75 Å². The summed E-state index contributed by atoms with van der Waals surface area (Å²) in [6.45, 7) is 3.81. The monoisotopic (exact) mass is 249 g/mol. The number of para-hydroxylation sites is 1. The lowest BCUT2D eigenvalue weighted by atomic mass is 9.91. The third-order valence-corrected chi connectivity index (χ3v) is 3.66. The van der Waals surface area contributed by atoms with Crippen molar-refractivity contribution in [3.05, 3.63) is 29.8 Å². The van der Waals surface area contributed by atoms with E-state index in [0.717, 1.165) is 6.42 Å². The molecule has 0 bridgehead atoms. The number of nitrogens with one attached hydrogen (secondary N) is 1. The van der Waals surface area contributed by atoms with Gasteiger partial charge in [-0.1, -0.05) is 25.1 Å². The van der Waals surface area contributed by atoms with Gasteiger partial charge < -0.3 is 9.84 Å². The highest BCUT2D eigenvalue weighted by molar-refractivity contribution is 5.81. The zero-order valence-electron chi connectivity index (χ0n) is 10.9. The maximum Gasteiger partial charge on any atom is 0.328 e. The Labute approximate surface area is 107 Å². The fourth-order valence-electron chi connectivity index (χ4n) is 2.21. The Hall–Kier alpha value is -1.55. The molecule has 1 saturated carbocycles. The molecule has 0 saturated heterocycles. The van der Waals surface area contributed by atoms with Crippen molar-refractivity contribution in [1.29, 1.82) is 0 Å². The van der Waals surface area contributed by atoms with Crippen molar-refractivity contribution in [2.75, 3.05) is 7.11 Å². The van der Waals surface area contributed by atoms with Gasteiger partial charge in [0.15, 0.2) is 0 Å². The summed E-state index contributed by atoms with van der Waals surface area (Å²) < 4.78 is 5.27. The number of methoxy groups -OCH3 is 1. The Morgan fingerprint density at radius 1 is 1.50 bits per heavy atom. The minimum absolute atomic E-state index is 0.274. The van der Waals surface area contributed by atoms with E-state index in [1.807, 2.05) is 12.1 Å². The smallest absolute Gasteiger partial charge is 0.328 e. The highest BCUT2D eigenvalue weighted by Crippen LogP contribution is 2.36. The molecule has 0 spiro atoms. The molecule has 3 atom stereocenters. The van der Waals surface area contributed by atoms with E-state index in [2.05, 4.69) is 12.2 Å². The number of benzene rings is 1. The van der Waals surface area contributed by atoms with E-state index in [9.17, 15) is 9.90 Å². The van der Waals surface area contributed by atoms with Gasteiger partial charge in [0.1, 0.15) is 11.3 Å². The molecule has 0 aliphatic heterocycles. The minimum atomic E-state index is -1.11. The molecule has 0 amide bonds. The normalized spacial score (nSPS) is 25.3. The second kappa shape index (κ2) is 4.61. The van der Waals surface area contributed by atoms with Gasteiger partial charge in [-0.15, -0.1) is 0 Å². The molecule has 3 unspecified atom stereocenters. The zero-order chi connectivity index (χ0) is 13.3. The Kier molecular flexibility index (Phi) is 3.30. The van der Waals surface area contributed by atoms with Crippen molar-refractivity contribution >= 4 is 5.97 Å². The number of rotatable bonds is 5. The molecule has 2 rings (SSSR count). The molecule has 0 heterocycles. The van der Waals surface area contributed by atoms with Crippen LogP contribution in [0.15, 0.2) is 24.3 Å². The van der Waals surface area contributed by atoms with E-state index in [4.69, 9.17) is 4.74 Å². The molecular formula is C14H19NO3. The van der Waals surface area contributed by atoms with Crippen molar-refractivity contribution in [3.63, 3.8) is 0 Å². The fraction of sp³-hybridized carbons (Fsp3) is 0.500. The summed E-state index contributed by atoms with van der Waals surface area (Å²) in [5, 5.41) is 12.8. The molecular weight excluding hydrogens is 230 g/mol. The van der Waals surface area contributed by atoms with E-state index in [0.29, 0.717) is 17.2 Å². The highest BCUT2D eigenvalue weighted by atomic mass is 16.5. The van der Waals surface area contributed by atoms with Crippen molar-refractivity contribution in [2.24, 2.45) is 5.92 Å². The average molecular weight is 249 g/mol. The Morgan fingerprint density at radius 2 is 2.11 bits per heavy atom. The van der Waals surface area contributed by atoms with Crippen LogP contribution in [-0.2, 0) is 10.3 Å². The topological polar surface area (TPSA) is 58.6 Å². The van der Waals surface area contributed by atoms with Gasteiger partial charge in [0, 0.05) is 11.6 Å². The molecule has 4 nitrogen and oxygen atoms in total. The second-order valence-corrected chi connectivity index (χ2v) is 5.09. The third-order valence-electron chi connectivity index (χ3n) is 3.66. The quantitative estimate of drug-likeness (QED) is 0.838. The van der Waals surface area contributed by atoms with Crippen molar-refractivity contribution in [2.45, 2.75) is 31.8 Å². The van der Waals surface area contributed by atoms with E-state index >= 15 is 0 Å². The number of ether oxygens (including phenoxy) is 1. The molecule has 1 aromatic rings. The lowest BCUT2D eigenvalue weighted by molar-refractivity contribution is -0.144. The molecule has 1 fully saturated rings. The molecule has 1 aromatic carbocycles. The van der Waals surface area contributed by atoms with Gasteiger partial charge in [-0.2, -0.15) is 0 Å². The predicted molar refractivity (Wildman–Crippen MR) is 68.7 cm³/mol. The van der Waals surface area contributed by atoms with E-state index in [1.54, 1.807) is 26.2 Å². The number of carbonyl (C=O) groups is 1. The van der Waals surface area contributed by atoms with E-state index in [-0.39, 0.29) is 6.04 Å². The van der Waals surface area contributed by atoms with Crippen molar-refractivity contribution < 1.29 is 14.6 Å². The van der Waals surface area contributed by atoms with Crippen LogP contribution in [0.3, 0.4) is 0 Å². The van der Waals surface area contributed by atoms with Crippen LogP contribution in [0, 0.1) is 5.92 Å². The van der Waals surface area contributed by atoms with Crippen LogP contribution in [-0.4, -0.2) is 24.2 Å². The van der Waals surface area contributed by atoms with E-state index < -0.39 is 11.5 Å². The molecule has 2 N–H and O–H groups in total. The Balaban J connectivity index is 2.36. The van der Waals surface area contributed by atoms with Crippen molar-refractivity contribution in [3.8, 4) is 5.75 Å². The van der Waals surface area contributed by atoms with Crippen molar-refractivity contribution in [1.82, 2.24) is 5.32 Å². The largest absolute Gasteiger partial charge is 0.496 e. The first kappa shape index (κ1) is 12.9. The molecule has 1 aliphatic carbocycles. The first-order valence-corrected chi connectivity index (χ1v) is 6.13. The summed E-state index contributed by atoms with van der Waals surface area (Å²) >= 11 is 0. The van der Waals surface area contributed by atoms with Gasteiger partial charge >= 0.3 is 5.97 Å². The van der Waals surface area contributed by atoms with Crippen LogP contribution < -0.4 is 10.1 Å². The Morgan fingerprint density at radius 3 is 2.61 bits per heavy atom. The fourth-order valence-corrected chi connectivity index (χ4v) is 2.21. The van der Waals surface area contributed by atoms with Gasteiger partial charge in [0.25, 0.3) is 0 Å². The minimum Gasteiger partial charge on any atom is -0.496 e. The third kappa shape index (κ3) is 2.20. The number of hydrogen-bond acceptors (Lipinski definition) is 3. The van der Waals surface area contributed by atoms with Gasteiger partial charge in [-0.3, -0.25) is 5.32 Å². The Bertz CT molecular complexity index is 460. The number of aliphatic carboxylic acids is 1. The maximum atomic E-state index is 11.6. The number of carboxylic acid groups (broad SMARTS) is 1. The molecule has 18 heavy (non-hydrogen) atoms. The summed E-state index contributed by atoms with van der Waals surface area (Å²) in [6.07, 6.45) is 1.03. The van der Waals surface area contributed by atoms with Gasteiger partial charge in [-0.05, 0) is 25.3 Å². The molecule has 1 aliphatic rings. The summed E-state index contributed by atoms with van der Waals surface area (Å²) in [6, 6.07) is 7.53. The second-order valence-electron chi connectivity index (χ2n) is 5.09. The van der Waals surface area contributed by atoms with E-state index in [1.165, 1.54) is 0 Å². The zero-order valence-corrected chi connectivity index (χ0v) is 10.9. The summed E-state index contributed by atoms with van der Waals surface area (Å²) in [5.41, 5.74) is -0.443. The van der Waals surface area contributed by atoms with Gasteiger partial charge in [0.2, 0.25) is 0 Å². The first-order valence-electron chi connectivity index (χ1n) is 6.13. The summed E-state index contributed by atoms with van der Waals surface area (Å²) in [7, 11) is 1.56. The van der Waals surface area contributed by atoms with Crippen LogP contribution in [0.2, 0.25) is 0 Å². The van der Waals surface area contributed by atoms with Crippen LogP contribution in [0.25, 0.3) is 0 Å². The molecule has 4 heteroatoms. The predicted octanol–water partition coefficient (Wildman–Crippen LogP) is 1.99. The summed E-state index contributed by atoms with van der Waals surface area (Å²) in [4.78, 5) is 11.6.